The molecule has 0 bridgehead atoms. The summed E-state index contributed by atoms with van der Waals surface area (Å²) in [5, 5.41) is 8.38. The number of aliphatic imine (C=N–C) groups is 1. The number of rotatable bonds is 7. The van der Waals surface area contributed by atoms with E-state index in [4.69, 9.17) is 4.42 Å². The van der Waals surface area contributed by atoms with Gasteiger partial charge in [0.05, 0.1) is 11.4 Å². The van der Waals surface area contributed by atoms with Crippen molar-refractivity contribution >= 4 is 17.3 Å². The van der Waals surface area contributed by atoms with Crippen molar-refractivity contribution in [2.45, 2.75) is 19.9 Å². The van der Waals surface area contributed by atoms with E-state index in [-0.39, 0.29) is 5.82 Å². The van der Waals surface area contributed by atoms with Crippen molar-refractivity contribution in [3.63, 3.8) is 0 Å². The van der Waals surface area contributed by atoms with E-state index in [1.165, 1.54) is 6.07 Å². The summed E-state index contributed by atoms with van der Waals surface area (Å²) in [5.41, 5.74) is 1.45. The molecule has 0 aliphatic heterocycles. The highest BCUT2D eigenvalue weighted by Gasteiger charge is 2.07. The Bertz CT molecular complexity index is 845. The minimum Gasteiger partial charge on any atom is -0.443 e. The lowest BCUT2D eigenvalue weighted by Crippen LogP contribution is -2.38. The Kier molecular flexibility index (Phi) is 6.38. The van der Waals surface area contributed by atoms with E-state index in [1.54, 1.807) is 29.7 Å². The number of hydrogen-bond donors (Lipinski definition) is 2. The van der Waals surface area contributed by atoms with Gasteiger partial charge in [0, 0.05) is 13.1 Å². The van der Waals surface area contributed by atoms with E-state index < -0.39 is 0 Å². The molecule has 0 amide bonds. The predicted molar refractivity (Wildman–Crippen MR) is 103 cm³/mol. The lowest BCUT2D eigenvalue weighted by molar-refractivity contribution is 0.574. The number of halogens is 1. The number of thiophene rings is 1. The summed E-state index contributed by atoms with van der Waals surface area (Å²) in [5.74, 6) is 1.10. The SMILES string of the molecule is CCNC(=NCc1coc(-c2cccs2)n1)NCCc1ccccc1F. The summed E-state index contributed by atoms with van der Waals surface area (Å²) >= 11 is 1.58. The van der Waals surface area contributed by atoms with E-state index in [1.807, 2.05) is 30.5 Å². The molecule has 26 heavy (non-hydrogen) atoms. The average Bonchev–Trinajstić information content (AvgIpc) is 3.33. The number of nitrogens with zero attached hydrogens (tertiary/aromatic N) is 2. The normalized spacial score (nSPS) is 11.5. The van der Waals surface area contributed by atoms with Gasteiger partial charge in [0.25, 0.3) is 0 Å². The molecule has 0 unspecified atom stereocenters. The Balaban J connectivity index is 1.56. The maximum Gasteiger partial charge on any atom is 0.236 e. The van der Waals surface area contributed by atoms with Crippen LogP contribution in [0.1, 0.15) is 18.2 Å². The summed E-state index contributed by atoms with van der Waals surface area (Å²) in [4.78, 5) is 9.96. The van der Waals surface area contributed by atoms with Crippen LogP contribution >= 0.6 is 11.3 Å². The van der Waals surface area contributed by atoms with E-state index in [9.17, 15) is 4.39 Å². The Morgan fingerprint density at radius 1 is 1.23 bits per heavy atom. The first-order chi connectivity index (χ1) is 12.8. The number of benzene rings is 1. The van der Waals surface area contributed by atoms with Crippen LogP contribution in [-0.4, -0.2) is 24.0 Å². The average molecular weight is 372 g/mol. The van der Waals surface area contributed by atoms with Crippen LogP contribution in [0.25, 0.3) is 10.8 Å². The molecular weight excluding hydrogens is 351 g/mol. The molecule has 7 heteroatoms. The Labute approximate surface area is 156 Å². The maximum atomic E-state index is 13.7. The third kappa shape index (κ3) is 4.92. The second-order valence-electron chi connectivity index (χ2n) is 5.58. The van der Waals surface area contributed by atoms with Gasteiger partial charge in [-0.1, -0.05) is 24.3 Å². The molecule has 2 heterocycles. The molecule has 5 nitrogen and oxygen atoms in total. The molecule has 0 radical (unpaired) electrons. The number of guanidine groups is 1. The second-order valence-corrected chi connectivity index (χ2v) is 6.53. The smallest absolute Gasteiger partial charge is 0.236 e. The van der Waals surface area contributed by atoms with Crippen LogP contribution in [-0.2, 0) is 13.0 Å². The van der Waals surface area contributed by atoms with Crippen LogP contribution in [0, 0.1) is 5.82 Å². The molecule has 0 saturated carbocycles. The zero-order valence-corrected chi connectivity index (χ0v) is 15.4. The standard InChI is InChI=1S/C19H21FN4OS/c1-2-21-19(22-10-9-14-6-3-4-7-16(14)20)23-12-15-13-25-18(24-15)17-8-5-11-26-17/h3-8,11,13H,2,9-10,12H2,1H3,(H2,21,22,23). The summed E-state index contributed by atoms with van der Waals surface area (Å²) < 4.78 is 19.2. The van der Waals surface area contributed by atoms with Gasteiger partial charge in [0.2, 0.25) is 5.89 Å². The summed E-state index contributed by atoms with van der Waals surface area (Å²) in [6.07, 6.45) is 2.21. The minimum atomic E-state index is -0.181. The van der Waals surface area contributed by atoms with Gasteiger partial charge >= 0.3 is 0 Å². The molecule has 0 spiro atoms. The second kappa shape index (κ2) is 9.15. The van der Waals surface area contributed by atoms with Crippen molar-refractivity contribution in [2.24, 2.45) is 4.99 Å². The summed E-state index contributed by atoms with van der Waals surface area (Å²) in [6.45, 7) is 3.74. The van der Waals surface area contributed by atoms with Gasteiger partial charge in [-0.05, 0) is 36.4 Å². The lowest BCUT2D eigenvalue weighted by Gasteiger charge is -2.11. The molecular formula is C19H21FN4OS. The zero-order chi connectivity index (χ0) is 18.2. The van der Waals surface area contributed by atoms with Crippen molar-refractivity contribution in [3.8, 4) is 10.8 Å². The number of nitrogens with one attached hydrogen (secondary N) is 2. The molecule has 0 saturated heterocycles. The molecule has 3 aromatic rings. The Morgan fingerprint density at radius 2 is 2.12 bits per heavy atom. The van der Waals surface area contributed by atoms with E-state index in [0.29, 0.717) is 36.9 Å². The third-order valence-corrected chi connectivity index (χ3v) is 4.53. The van der Waals surface area contributed by atoms with Gasteiger partial charge in [0.1, 0.15) is 17.8 Å². The molecule has 2 N–H and O–H groups in total. The summed E-state index contributed by atoms with van der Waals surface area (Å²) in [7, 11) is 0. The van der Waals surface area contributed by atoms with Crippen LogP contribution in [0.5, 0.6) is 0 Å². The Hall–Kier alpha value is -2.67. The van der Waals surface area contributed by atoms with Crippen molar-refractivity contribution < 1.29 is 8.81 Å². The number of hydrogen-bond acceptors (Lipinski definition) is 4. The fourth-order valence-electron chi connectivity index (χ4n) is 2.41. The number of aromatic nitrogens is 1. The predicted octanol–water partition coefficient (Wildman–Crippen LogP) is 3.84. The fourth-order valence-corrected chi connectivity index (χ4v) is 3.07. The highest BCUT2D eigenvalue weighted by molar-refractivity contribution is 7.13. The molecule has 0 fully saturated rings. The van der Waals surface area contributed by atoms with Crippen LogP contribution < -0.4 is 10.6 Å². The van der Waals surface area contributed by atoms with Crippen molar-refractivity contribution in [2.75, 3.05) is 13.1 Å². The first-order valence-electron chi connectivity index (χ1n) is 8.50. The van der Waals surface area contributed by atoms with Gasteiger partial charge < -0.3 is 15.1 Å². The molecule has 0 atom stereocenters. The van der Waals surface area contributed by atoms with Gasteiger partial charge in [-0.15, -0.1) is 11.3 Å². The number of oxazole rings is 1. The largest absolute Gasteiger partial charge is 0.443 e. The quantitative estimate of drug-likeness (QED) is 0.489. The highest BCUT2D eigenvalue weighted by atomic mass is 32.1. The topological polar surface area (TPSA) is 62.5 Å². The minimum absolute atomic E-state index is 0.181. The summed E-state index contributed by atoms with van der Waals surface area (Å²) in [6, 6.07) is 10.7. The zero-order valence-electron chi connectivity index (χ0n) is 14.5. The van der Waals surface area contributed by atoms with Crippen LogP contribution in [0.4, 0.5) is 4.39 Å². The fraction of sp³-hybridized carbons (Fsp3) is 0.263. The molecule has 1 aromatic carbocycles. The van der Waals surface area contributed by atoms with Crippen LogP contribution in [0.2, 0.25) is 0 Å². The van der Waals surface area contributed by atoms with E-state index in [0.717, 1.165) is 17.1 Å². The van der Waals surface area contributed by atoms with Gasteiger partial charge in [0.15, 0.2) is 5.96 Å². The molecule has 0 aliphatic carbocycles. The van der Waals surface area contributed by atoms with E-state index >= 15 is 0 Å². The van der Waals surface area contributed by atoms with Gasteiger partial charge in [-0.3, -0.25) is 0 Å². The highest BCUT2D eigenvalue weighted by Crippen LogP contribution is 2.23. The Morgan fingerprint density at radius 3 is 2.88 bits per heavy atom. The first-order valence-corrected chi connectivity index (χ1v) is 9.38. The molecule has 2 aromatic heterocycles. The lowest BCUT2D eigenvalue weighted by atomic mass is 10.1. The van der Waals surface area contributed by atoms with Gasteiger partial charge in [-0.2, -0.15) is 0 Å². The van der Waals surface area contributed by atoms with Crippen molar-refractivity contribution in [1.82, 2.24) is 15.6 Å². The van der Waals surface area contributed by atoms with Crippen molar-refractivity contribution in [3.05, 3.63) is 65.1 Å². The third-order valence-electron chi connectivity index (χ3n) is 3.67. The maximum absolute atomic E-state index is 13.7. The van der Waals surface area contributed by atoms with E-state index in [2.05, 4.69) is 20.6 Å². The molecule has 0 aliphatic rings. The molecule has 3 rings (SSSR count). The van der Waals surface area contributed by atoms with Crippen LogP contribution in [0.3, 0.4) is 0 Å². The molecule has 136 valence electrons. The van der Waals surface area contributed by atoms with Crippen molar-refractivity contribution in [1.29, 1.82) is 0 Å². The van der Waals surface area contributed by atoms with Crippen LogP contribution in [0.15, 0.2) is 57.5 Å². The monoisotopic (exact) mass is 372 g/mol. The van der Waals surface area contributed by atoms with Gasteiger partial charge in [-0.25, -0.2) is 14.4 Å². The first kappa shape index (κ1) is 18.1.